The minimum atomic E-state index is -4.73. The number of amides is 1. The Bertz CT molecular complexity index is 968. The second-order valence-electron chi connectivity index (χ2n) is 6.81. The van der Waals surface area contributed by atoms with Gasteiger partial charge in [-0.05, 0) is 56.3 Å². The molecule has 5 nitrogen and oxygen atoms in total. The minimum absolute atomic E-state index is 0.00863. The number of aromatic hydroxyl groups is 1. The number of carbonyl (C=O) groups excluding carboxylic acids is 1. The van der Waals surface area contributed by atoms with Gasteiger partial charge in [0.2, 0.25) is 0 Å². The molecule has 0 aliphatic carbocycles. The first-order chi connectivity index (χ1) is 13.0. The summed E-state index contributed by atoms with van der Waals surface area (Å²) in [5.74, 6) is -0.403. The van der Waals surface area contributed by atoms with Crippen LogP contribution in [-0.2, 0) is 11.0 Å². The maximum atomic E-state index is 13.3. The molecule has 3 rings (SSSR count). The Hall–Kier alpha value is -2.86. The SMILES string of the molecule is CC1(C)C(=O)N(c2ccc(C#N)c(C(F)(F)F)c2)C(S)N1c1ccc(O)cc1. The van der Waals surface area contributed by atoms with Crippen LogP contribution in [0.5, 0.6) is 5.75 Å². The van der Waals surface area contributed by atoms with Gasteiger partial charge in [0.25, 0.3) is 5.91 Å². The molecule has 1 unspecified atom stereocenters. The van der Waals surface area contributed by atoms with Gasteiger partial charge in [0.05, 0.1) is 17.2 Å². The number of phenols is 1. The average molecular weight is 407 g/mol. The maximum absolute atomic E-state index is 13.3. The molecule has 0 bridgehead atoms. The average Bonchev–Trinajstić information content (AvgIpc) is 2.79. The number of nitriles is 1. The second kappa shape index (κ2) is 6.63. The summed E-state index contributed by atoms with van der Waals surface area (Å²) in [5, 5.41) is 18.4. The van der Waals surface area contributed by atoms with Crippen LogP contribution < -0.4 is 9.80 Å². The lowest BCUT2D eigenvalue weighted by molar-refractivity contribution is -0.137. The molecule has 1 N–H and O–H groups in total. The summed E-state index contributed by atoms with van der Waals surface area (Å²) in [6.45, 7) is 3.28. The minimum Gasteiger partial charge on any atom is -0.508 e. The van der Waals surface area contributed by atoms with Crippen LogP contribution in [0.25, 0.3) is 0 Å². The highest BCUT2D eigenvalue weighted by Crippen LogP contribution is 2.42. The molecule has 0 spiro atoms. The highest BCUT2D eigenvalue weighted by molar-refractivity contribution is 7.81. The first-order valence-electron chi connectivity index (χ1n) is 8.20. The van der Waals surface area contributed by atoms with E-state index >= 15 is 0 Å². The highest BCUT2D eigenvalue weighted by atomic mass is 32.1. The van der Waals surface area contributed by atoms with Crippen LogP contribution in [0.4, 0.5) is 24.5 Å². The van der Waals surface area contributed by atoms with Crippen LogP contribution in [0.15, 0.2) is 42.5 Å². The van der Waals surface area contributed by atoms with Crippen LogP contribution in [0, 0.1) is 11.3 Å². The summed E-state index contributed by atoms with van der Waals surface area (Å²) in [6, 6.07) is 10.7. The summed E-state index contributed by atoms with van der Waals surface area (Å²) < 4.78 is 40.0. The predicted molar refractivity (Wildman–Crippen MR) is 101 cm³/mol. The molecule has 1 fully saturated rings. The first kappa shape index (κ1) is 19.9. The van der Waals surface area contributed by atoms with E-state index in [4.69, 9.17) is 5.26 Å². The molecule has 0 aromatic heterocycles. The van der Waals surface area contributed by atoms with E-state index in [1.165, 1.54) is 24.3 Å². The standard InChI is InChI=1S/C19H16F3N3O2S/c1-18(2)16(27)24(17(28)25(18)12-5-7-14(26)8-6-12)13-4-3-11(10-23)15(9-13)19(20,21)22/h3-9,17,26,28H,1-2H3. The van der Waals surface area contributed by atoms with Gasteiger partial charge in [0.15, 0.2) is 5.50 Å². The Balaban J connectivity index is 2.10. The molecule has 9 heteroatoms. The smallest absolute Gasteiger partial charge is 0.417 e. The molecule has 1 atom stereocenters. The van der Waals surface area contributed by atoms with Crippen LogP contribution >= 0.6 is 12.6 Å². The normalized spacial score (nSPS) is 19.0. The van der Waals surface area contributed by atoms with Crippen molar-refractivity contribution in [1.29, 1.82) is 5.26 Å². The van der Waals surface area contributed by atoms with Gasteiger partial charge in [-0.15, -0.1) is 12.6 Å². The van der Waals surface area contributed by atoms with Gasteiger partial charge in [-0.2, -0.15) is 18.4 Å². The van der Waals surface area contributed by atoms with Gasteiger partial charge >= 0.3 is 6.18 Å². The van der Waals surface area contributed by atoms with Crippen molar-refractivity contribution in [2.24, 2.45) is 0 Å². The van der Waals surface area contributed by atoms with Gasteiger partial charge in [0, 0.05) is 11.4 Å². The van der Waals surface area contributed by atoms with Gasteiger partial charge in [-0.1, -0.05) is 0 Å². The van der Waals surface area contributed by atoms with E-state index in [0.29, 0.717) is 5.69 Å². The molecule has 0 saturated carbocycles. The number of phenolic OH excluding ortho intramolecular Hbond substituents is 1. The lowest BCUT2D eigenvalue weighted by Gasteiger charge is -2.33. The molecule has 2 aromatic rings. The Kier molecular flexibility index (Phi) is 4.71. The van der Waals surface area contributed by atoms with Crippen molar-refractivity contribution in [3.8, 4) is 11.8 Å². The van der Waals surface area contributed by atoms with Gasteiger partial charge in [-0.25, -0.2) is 0 Å². The third kappa shape index (κ3) is 3.14. The summed E-state index contributed by atoms with van der Waals surface area (Å²) >= 11 is 4.48. The van der Waals surface area contributed by atoms with Gasteiger partial charge in [-0.3, -0.25) is 9.69 Å². The molecule has 1 aliphatic rings. The van der Waals surface area contributed by atoms with Crippen molar-refractivity contribution in [1.82, 2.24) is 0 Å². The largest absolute Gasteiger partial charge is 0.508 e. The molecule has 2 aromatic carbocycles. The number of benzene rings is 2. The fraction of sp³-hybridized carbons (Fsp3) is 0.263. The van der Waals surface area contributed by atoms with E-state index < -0.39 is 34.2 Å². The Morgan fingerprint density at radius 2 is 1.71 bits per heavy atom. The zero-order valence-electron chi connectivity index (χ0n) is 14.9. The van der Waals surface area contributed by atoms with E-state index in [9.17, 15) is 23.1 Å². The molecular formula is C19H16F3N3O2S. The number of anilines is 2. The lowest BCUT2D eigenvalue weighted by atomic mass is 10.0. The van der Waals surface area contributed by atoms with E-state index in [1.54, 1.807) is 30.9 Å². The van der Waals surface area contributed by atoms with Crippen LogP contribution in [-0.4, -0.2) is 22.1 Å². The molecule has 28 heavy (non-hydrogen) atoms. The maximum Gasteiger partial charge on any atom is 0.417 e. The molecule has 1 heterocycles. The monoisotopic (exact) mass is 407 g/mol. The molecule has 1 amide bonds. The summed E-state index contributed by atoms with van der Waals surface area (Å²) in [7, 11) is 0. The number of rotatable bonds is 2. The third-order valence-electron chi connectivity index (χ3n) is 4.64. The number of nitrogens with zero attached hydrogens (tertiary/aromatic N) is 3. The van der Waals surface area contributed by atoms with Crippen molar-refractivity contribution in [2.75, 3.05) is 9.80 Å². The first-order valence-corrected chi connectivity index (χ1v) is 8.71. The predicted octanol–water partition coefficient (Wildman–Crippen LogP) is 4.13. The van der Waals surface area contributed by atoms with Crippen LogP contribution in [0.1, 0.15) is 25.0 Å². The third-order valence-corrected chi connectivity index (χ3v) is 5.10. The van der Waals surface area contributed by atoms with Crippen LogP contribution in [0.2, 0.25) is 0 Å². The van der Waals surface area contributed by atoms with E-state index in [2.05, 4.69) is 12.6 Å². The summed E-state index contributed by atoms with van der Waals surface area (Å²) in [5.41, 5.74) is -3.06. The van der Waals surface area contributed by atoms with E-state index in [0.717, 1.165) is 17.0 Å². The number of hydrogen-bond donors (Lipinski definition) is 2. The lowest BCUT2D eigenvalue weighted by Crippen LogP contribution is -2.44. The van der Waals surface area contributed by atoms with Crippen molar-refractivity contribution in [3.63, 3.8) is 0 Å². The number of hydrogen-bond acceptors (Lipinski definition) is 5. The summed E-state index contributed by atoms with van der Waals surface area (Å²) in [4.78, 5) is 15.8. The highest BCUT2D eigenvalue weighted by Gasteiger charge is 2.51. The molecule has 146 valence electrons. The zero-order chi connectivity index (χ0) is 20.9. The van der Waals surface area contributed by atoms with E-state index in [-0.39, 0.29) is 11.4 Å². The fourth-order valence-corrected chi connectivity index (χ4v) is 3.90. The van der Waals surface area contributed by atoms with Crippen molar-refractivity contribution in [2.45, 2.75) is 31.1 Å². The van der Waals surface area contributed by atoms with Crippen molar-refractivity contribution in [3.05, 3.63) is 53.6 Å². The van der Waals surface area contributed by atoms with E-state index in [1.807, 2.05) is 0 Å². The topological polar surface area (TPSA) is 67.6 Å². The second-order valence-corrected chi connectivity index (χ2v) is 7.27. The Labute approximate surface area is 165 Å². The number of thiol groups is 1. The summed E-state index contributed by atoms with van der Waals surface area (Å²) in [6.07, 6.45) is -4.73. The van der Waals surface area contributed by atoms with Crippen molar-refractivity contribution >= 4 is 29.9 Å². The molecule has 1 saturated heterocycles. The van der Waals surface area contributed by atoms with Crippen LogP contribution in [0.3, 0.4) is 0 Å². The molecular weight excluding hydrogens is 391 g/mol. The zero-order valence-corrected chi connectivity index (χ0v) is 15.8. The Morgan fingerprint density at radius 1 is 1.14 bits per heavy atom. The number of halogens is 3. The quantitative estimate of drug-likeness (QED) is 0.735. The number of carbonyl (C=O) groups is 1. The Morgan fingerprint density at radius 3 is 2.25 bits per heavy atom. The van der Waals surface area contributed by atoms with Crippen molar-refractivity contribution < 1.29 is 23.1 Å². The molecule has 0 radical (unpaired) electrons. The number of alkyl halides is 3. The fourth-order valence-electron chi connectivity index (χ4n) is 3.24. The molecule has 1 aliphatic heterocycles. The van der Waals surface area contributed by atoms with Gasteiger partial charge < -0.3 is 10.0 Å². The van der Waals surface area contributed by atoms with Gasteiger partial charge in [0.1, 0.15) is 11.3 Å².